The molecule has 1 aromatic rings. The van der Waals surface area contributed by atoms with Crippen LogP contribution in [-0.2, 0) is 0 Å². The van der Waals surface area contributed by atoms with Crippen molar-refractivity contribution in [3.05, 3.63) is 23.8 Å². The van der Waals surface area contributed by atoms with Gasteiger partial charge in [-0.2, -0.15) is 5.26 Å². The van der Waals surface area contributed by atoms with Crippen molar-refractivity contribution >= 4 is 11.4 Å². The summed E-state index contributed by atoms with van der Waals surface area (Å²) in [6.45, 7) is 3.19. The van der Waals surface area contributed by atoms with Crippen LogP contribution < -0.4 is 10.2 Å². The lowest BCUT2D eigenvalue weighted by Crippen LogP contribution is -2.28. The van der Waals surface area contributed by atoms with E-state index >= 15 is 0 Å². The third-order valence-electron chi connectivity index (χ3n) is 3.05. The van der Waals surface area contributed by atoms with Crippen LogP contribution in [0, 0.1) is 11.3 Å². The van der Waals surface area contributed by atoms with Gasteiger partial charge < -0.3 is 10.2 Å². The molecule has 1 aliphatic rings. The number of rotatable bonds is 0. The van der Waals surface area contributed by atoms with Gasteiger partial charge in [0.1, 0.15) is 0 Å². The molecule has 0 spiro atoms. The number of hydrogen-bond acceptors (Lipinski definition) is 3. The minimum absolute atomic E-state index is 0.507. The zero-order valence-electron chi connectivity index (χ0n) is 9.12. The molecule has 0 fully saturated rings. The second-order valence-corrected chi connectivity index (χ2v) is 4.02. The predicted molar refractivity (Wildman–Crippen MR) is 62.1 cm³/mol. The third kappa shape index (κ3) is 1.75. The summed E-state index contributed by atoms with van der Waals surface area (Å²) < 4.78 is 0. The zero-order chi connectivity index (χ0) is 10.8. The van der Waals surface area contributed by atoms with E-state index in [0.29, 0.717) is 6.04 Å². The molecule has 0 bridgehead atoms. The first-order valence-electron chi connectivity index (χ1n) is 5.23. The summed E-state index contributed by atoms with van der Waals surface area (Å²) >= 11 is 0. The predicted octanol–water partition coefficient (Wildman–Crippen LogP) is 2.20. The van der Waals surface area contributed by atoms with Gasteiger partial charge in [-0.1, -0.05) is 0 Å². The molecule has 1 atom stereocenters. The molecule has 0 aliphatic carbocycles. The van der Waals surface area contributed by atoms with Crippen molar-refractivity contribution in [2.24, 2.45) is 0 Å². The zero-order valence-corrected chi connectivity index (χ0v) is 9.12. The van der Waals surface area contributed by atoms with Crippen LogP contribution in [0.5, 0.6) is 0 Å². The second-order valence-electron chi connectivity index (χ2n) is 4.02. The van der Waals surface area contributed by atoms with E-state index in [2.05, 4.69) is 30.3 Å². The summed E-state index contributed by atoms with van der Waals surface area (Å²) in [5.74, 6) is 0. The fraction of sp³-hybridized carbons (Fsp3) is 0.417. The van der Waals surface area contributed by atoms with Crippen molar-refractivity contribution in [1.29, 1.82) is 5.26 Å². The minimum Gasteiger partial charge on any atom is -0.383 e. The smallest absolute Gasteiger partial charge is 0.0992 e. The summed E-state index contributed by atoms with van der Waals surface area (Å²) in [6, 6.07) is 8.48. The Hall–Kier alpha value is -1.69. The van der Waals surface area contributed by atoms with Crippen molar-refractivity contribution in [1.82, 2.24) is 0 Å². The van der Waals surface area contributed by atoms with E-state index in [9.17, 15) is 0 Å². The Morgan fingerprint density at radius 1 is 1.53 bits per heavy atom. The van der Waals surface area contributed by atoms with Crippen molar-refractivity contribution in [2.75, 3.05) is 23.8 Å². The Bertz CT molecular complexity index is 406. The molecule has 0 radical (unpaired) electrons. The fourth-order valence-electron chi connectivity index (χ4n) is 1.89. The molecule has 1 aliphatic heterocycles. The quantitative estimate of drug-likeness (QED) is 0.699. The second kappa shape index (κ2) is 3.82. The number of nitrogens with one attached hydrogen (secondary N) is 1. The van der Waals surface area contributed by atoms with Gasteiger partial charge in [0.05, 0.1) is 23.0 Å². The Morgan fingerprint density at radius 2 is 2.33 bits per heavy atom. The SMILES string of the molecule is CC1CCNc2ccc(C#N)cc2N1C. The number of benzene rings is 1. The van der Waals surface area contributed by atoms with E-state index in [-0.39, 0.29) is 0 Å². The van der Waals surface area contributed by atoms with E-state index in [1.165, 1.54) is 0 Å². The molecule has 3 nitrogen and oxygen atoms in total. The van der Waals surface area contributed by atoms with Crippen molar-refractivity contribution in [3.8, 4) is 6.07 Å². The Labute approximate surface area is 90.3 Å². The highest BCUT2D eigenvalue weighted by atomic mass is 15.2. The molecule has 2 rings (SSSR count). The molecule has 78 valence electrons. The number of nitriles is 1. The Kier molecular flexibility index (Phi) is 2.51. The normalized spacial score (nSPS) is 19.8. The van der Waals surface area contributed by atoms with E-state index < -0.39 is 0 Å². The topological polar surface area (TPSA) is 39.1 Å². The van der Waals surface area contributed by atoms with Gasteiger partial charge in [-0.3, -0.25) is 0 Å². The minimum atomic E-state index is 0.507. The van der Waals surface area contributed by atoms with Crippen LogP contribution in [-0.4, -0.2) is 19.6 Å². The molecule has 0 amide bonds. The van der Waals surface area contributed by atoms with Crippen LogP contribution in [0.2, 0.25) is 0 Å². The molecule has 0 aromatic heterocycles. The third-order valence-corrected chi connectivity index (χ3v) is 3.05. The van der Waals surface area contributed by atoms with E-state index in [0.717, 1.165) is 29.9 Å². The average molecular weight is 201 g/mol. The lowest BCUT2D eigenvalue weighted by Gasteiger charge is -2.25. The monoisotopic (exact) mass is 201 g/mol. The van der Waals surface area contributed by atoms with Crippen LogP contribution in [0.25, 0.3) is 0 Å². The maximum absolute atomic E-state index is 8.87. The largest absolute Gasteiger partial charge is 0.383 e. The standard InChI is InChI=1S/C12H15N3/c1-9-5-6-14-11-4-3-10(8-13)7-12(11)15(9)2/h3-4,7,9,14H,5-6H2,1-2H3. The van der Waals surface area contributed by atoms with Crippen LogP contribution in [0.3, 0.4) is 0 Å². The summed E-state index contributed by atoms with van der Waals surface area (Å²) in [4.78, 5) is 2.23. The first kappa shape index (κ1) is 9.85. The lowest BCUT2D eigenvalue weighted by atomic mass is 10.1. The highest BCUT2D eigenvalue weighted by Crippen LogP contribution is 2.30. The van der Waals surface area contributed by atoms with Gasteiger partial charge in [0, 0.05) is 19.6 Å². The maximum Gasteiger partial charge on any atom is 0.0992 e. The average Bonchev–Trinajstić information content (AvgIpc) is 2.40. The maximum atomic E-state index is 8.87. The van der Waals surface area contributed by atoms with Crippen molar-refractivity contribution in [2.45, 2.75) is 19.4 Å². The number of hydrogen-bond donors (Lipinski definition) is 1. The van der Waals surface area contributed by atoms with Gasteiger partial charge >= 0.3 is 0 Å². The molecular formula is C12H15N3. The Morgan fingerprint density at radius 3 is 3.07 bits per heavy atom. The molecule has 1 unspecified atom stereocenters. The molecule has 3 heteroatoms. The first-order valence-corrected chi connectivity index (χ1v) is 5.23. The highest BCUT2D eigenvalue weighted by molar-refractivity contribution is 5.72. The molecule has 0 saturated heterocycles. The highest BCUT2D eigenvalue weighted by Gasteiger charge is 2.17. The molecule has 0 saturated carbocycles. The number of anilines is 2. The lowest BCUT2D eigenvalue weighted by molar-refractivity contribution is 0.657. The molecule has 1 heterocycles. The fourth-order valence-corrected chi connectivity index (χ4v) is 1.89. The molecule has 15 heavy (non-hydrogen) atoms. The van der Waals surface area contributed by atoms with Crippen LogP contribution in [0.15, 0.2) is 18.2 Å². The summed E-state index contributed by atoms with van der Waals surface area (Å²) in [7, 11) is 2.08. The van der Waals surface area contributed by atoms with E-state index in [1.807, 2.05) is 18.2 Å². The van der Waals surface area contributed by atoms with Gasteiger partial charge in [-0.25, -0.2) is 0 Å². The number of nitrogens with zero attached hydrogens (tertiary/aromatic N) is 2. The molecule has 1 aromatic carbocycles. The number of fused-ring (bicyclic) bond motifs is 1. The Balaban J connectivity index is 2.47. The van der Waals surface area contributed by atoms with Gasteiger partial charge in [0.25, 0.3) is 0 Å². The summed E-state index contributed by atoms with van der Waals surface area (Å²) in [6.07, 6.45) is 1.12. The first-order chi connectivity index (χ1) is 7.22. The van der Waals surface area contributed by atoms with Gasteiger partial charge in [0.15, 0.2) is 0 Å². The van der Waals surface area contributed by atoms with Crippen LogP contribution in [0.4, 0.5) is 11.4 Å². The summed E-state index contributed by atoms with van der Waals surface area (Å²) in [5, 5.41) is 12.3. The summed E-state index contributed by atoms with van der Waals surface area (Å²) in [5.41, 5.74) is 2.97. The van der Waals surface area contributed by atoms with Crippen molar-refractivity contribution in [3.63, 3.8) is 0 Å². The van der Waals surface area contributed by atoms with Crippen LogP contribution >= 0.6 is 0 Å². The molecule has 1 N–H and O–H groups in total. The molecular weight excluding hydrogens is 186 g/mol. The van der Waals surface area contributed by atoms with E-state index in [4.69, 9.17) is 5.26 Å². The van der Waals surface area contributed by atoms with Crippen molar-refractivity contribution < 1.29 is 0 Å². The van der Waals surface area contributed by atoms with Gasteiger partial charge in [-0.15, -0.1) is 0 Å². The van der Waals surface area contributed by atoms with Crippen LogP contribution in [0.1, 0.15) is 18.9 Å². The van der Waals surface area contributed by atoms with Gasteiger partial charge in [0.2, 0.25) is 0 Å². The van der Waals surface area contributed by atoms with E-state index in [1.54, 1.807) is 0 Å². The van der Waals surface area contributed by atoms with Gasteiger partial charge in [-0.05, 0) is 31.5 Å².